The van der Waals surface area contributed by atoms with Gasteiger partial charge in [-0.05, 0) is 50.1 Å². The highest BCUT2D eigenvalue weighted by Gasteiger charge is 2.14. The van der Waals surface area contributed by atoms with Gasteiger partial charge in [0.25, 0.3) is 5.91 Å². The molecule has 0 radical (unpaired) electrons. The van der Waals surface area contributed by atoms with Crippen molar-refractivity contribution in [2.45, 2.75) is 26.4 Å². The van der Waals surface area contributed by atoms with Gasteiger partial charge in [0.15, 0.2) is 6.10 Å². The first kappa shape index (κ1) is 18.7. The summed E-state index contributed by atoms with van der Waals surface area (Å²) >= 11 is 0. The van der Waals surface area contributed by atoms with Crippen molar-refractivity contribution < 1.29 is 14.3 Å². The second-order valence-electron chi connectivity index (χ2n) is 6.40. The normalized spacial score (nSPS) is 11.8. The van der Waals surface area contributed by atoms with Crippen molar-refractivity contribution in [1.82, 2.24) is 10.3 Å². The van der Waals surface area contributed by atoms with Gasteiger partial charge in [0, 0.05) is 18.1 Å². The van der Waals surface area contributed by atoms with Gasteiger partial charge in [-0.1, -0.05) is 30.3 Å². The highest BCUT2D eigenvalue weighted by molar-refractivity contribution is 5.84. The first-order chi connectivity index (χ1) is 13.1. The van der Waals surface area contributed by atoms with E-state index >= 15 is 0 Å². The van der Waals surface area contributed by atoms with Crippen LogP contribution in [0.15, 0.2) is 60.8 Å². The Bertz CT molecular complexity index is 905. The van der Waals surface area contributed by atoms with E-state index in [-0.39, 0.29) is 5.91 Å². The molecule has 0 saturated carbocycles. The zero-order chi connectivity index (χ0) is 19.1. The average Bonchev–Trinajstić information content (AvgIpc) is 2.67. The second-order valence-corrected chi connectivity index (χ2v) is 6.40. The number of aryl methyl sites for hydroxylation is 1. The van der Waals surface area contributed by atoms with Crippen molar-refractivity contribution >= 4 is 16.8 Å². The number of benzene rings is 2. The van der Waals surface area contributed by atoms with Crippen LogP contribution < -0.4 is 14.8 Å². The van der Waals surface area contributed by atoms with Crippen LogP contribution in [0.3, 0.4) is 0 Å². The van der Waals surface area contributed by atoms with Gasteiger partial charge in [0.1, 0.15) is 17.0 Å². The number of aromatic nitrogens is 1. The molecule has 1 heterocycles. The number of hydrogen-bond donors (Lipinski definition) is 1. The maximum Gasteiger partial charge on any atom is 0.260 e. The van der Waals surface area contributed by atoms with Crippen LogP contribution in [0, 0.1) is 6.92 Å². The summed E-state index contributed by atoms with van der Waals surface area (Å²) < 4.78 is 11.5. The summed E-state index contributed by atoms with van der Waals surface area (Å²) in [5.74, 6) is 1.32. The van der Waals surface area contributed by atoms with E-state index in [1.807, 2.05) is 61.5 Å². The number of fused-ring (bicyclic) bond motifs is 1. The fourth-order valence-corrected chi connectivity index (χ4v) is 2.75. The van der Waals surface area contributed by atoms with Crippen LogP contribution in [0.2, 0.25) is 0 Å². The van der Waals surface area contributed by atoms with Gasteiger partial charge in [-0.2, -0.15) is 0 Å². The molecule has 1 amide bonds. The molecule has 5 heteroatoms. The summed E-state index contributed by atoms with van der Waals surface area (Å²) in [6.45, 7) is 4.76. The van der Waals surface area contributed by atoms with E-state index in [0.29, 0.717) is 25.3 Å². The number of pyridine rings is 1. The molecule has 3 rings (SSSR count). The highest BCUT2D eigenvalue weighted by atomic mass is 16.5. The number of rotatable bonds is 8. The minimum Gasteiger partial charge on any atom is -0.491 e. The topological polar surface area (TPSA) is 60.5 Å². The van der Waals surface area contributed by atoms with Gasteiger partial charge in [0.05, 0.1) is 6.61 Å². The van der Waals surface area contributed by atoms with Crippen LogP contribution in [0.4, 0.5) is 0 Å². The van der Waals surface area contributed by atoms with Crippen LogP contribution in [-0.4, -0.2) is 30.1 Å². The third-order valence-electron chi connectivity index (χ3n) is 4.15. The lowest BCUT2D eigenvalue weighted by Gasteiger charge is -2.15. The van der Waals surface area contributed by atoms with E-state index in [1.54, 1.807) is 13.1 Å². The van der Waals surface area contributed by atoms with Crippen LogP contribution >= 0.6 is 0 Å². The predicted molar refractivity (Wildman–Crippen MR) is 106 cm³/mol. The fraction of sp³-hybridized carbons (Fsp3) is 0.273. The molecule has 5 nitrogen and oxygen atoms in total. The summed E-state index contributed by atoms with van der Waals surface area (Å²) in [6.07, 6.45) is 1.91. The summed E-state index contributed by atoms with van der Waals surface area (Å²) in [6, 6.07) is 17.4. The number of carbonyl (C=O) groups is 1. The molecule has 3 aromatic rings. The van der Waals surface area contributed by atoms with Crippen LogP contribution in [0.25, 0.3) is 10.9 Å². The third kappa shape index (κ3) is 5.20. The maximum atomic E-state index is 12.2. The molecule has 140 valence electrons. The molecule has 0 fully saturated rings. The van der Waals surface area contributed by atoms with E-state index in [2.05, 4.69) is 10.3 Å². The Morgan fingerprint density at radius 3 is 2.81 bits per heavy atom. The number of para-hydroxylation sites is 1. The zero-order valence-corrected chi connectivity index (χ0v) is 15.6. The molecule has 1 unspecified atom stereocenters. The first-order valence-corrected chi connectivity index (χ1v) is 9.11. The standard InChI is InChI=1S/C22H24N2O3/c1-16-7-3-10-19(15-16)27-17(2)22(25)24-13-6-14-26-20-11-4-8-18-9-5-12-23-21(18)20/h3-5,7-12,15,17H,6,13-14H2,1-2H3,(H,24,25). The minimum atomic E-state index is -0.546. The smallest absolute Gasteiger partial charge is 0.260 e. The number of amides is 1. The summed E-state index contributed by atoms with van der Waals surface area (Å²) in [7, 11) is 0. The highest BCUT2D eigenvalue weighted by Crippen LogP contribution is 2.22. The second kappa shape index (κ2) is 9.03. The Morgan fingerprint density at radius 2 is 1.96 bits per heavy atom. The Kier molecular flexibility index (Phi) is 6.26. The molecule has 0 spiro atoms. The van der Waals surface area contributed by atoms with Gasteiger partial charge in [-0.25, -0.2) is 0 Å². The van der Waals surface area contributed by atoms with Gasteiger partial charge >= 0.3 is 0 Å². The molecule has 1 N–H and O–H groups in total. The predicted octanol–water partition coefficient (Wildman–Crippen LogP) is 3.90. The number of nitrogens with zero attached hydrogens (tertiary/aromatic N) is 1. The molecule has 0 aliphatic rings. The lowest BCUT2D eigenvalue weighted by atomic mass is 10.2. The Labute approximate surface area is 159 Å². The van der Waals surface area contributed by atoms with Crippen molar-refractivity contribution in [3.05, 3.63) is 66.4 Å². The first-order valence-electron chi connectivity index (χ1n) is 9.11. The fourth-order valence-electron chi connectivity index (χ4n) is 2.75. The molecular formula is C22H24N2O3. The Balaban J connectivity index is 1.41. The van der Waals surface area contributed by atoms with Crippen LogP contribution in [0.1, 0.15) is 18.9 Å². The Morgan fingerprint density at radius 1 is 1.15 bits per heavy atom. The molecule has 0 aliphatic heterocycles. The summed E-state index contributed by atoms with van der Waals surface area (Å²) in [4.78, 5) is 16.5. The van der Waals surface area contributed by atoms with Crippen molar-refractivity contribution in [3.8, 4) is 11.5 Å². The van der Waals surface area contributed by atoms with Gasteiger partial charge in [-0.3, -0.25) is 9.78 Å². The lowest BCUT2D eigenvalue weighted by molar-refractivity contribution is -0.127. The van der Waals surface area contributed by atoms with E-state index in [1.165, 1.54) is 0 Å². The monoisotopic (exact) mass is 364 g/mol. The van der Waals surface area contributed by atoms with Gasteiger partial charge in [0.2, 0.25) is 0 Å². The van der Waals surface area contributed by atoms with Crippen LogP contribution in [0.5, 0.6) is 11.5 Å². The summed E-state index contributed by atoms with van der Waals surface area (Å²) in [5, 5.41) is 3.93. The average molecular weight is 364 g/mol. The van der Waals surface area contributed by atoms with E-state index in [4.69, 9.17) is 9.47 Å². The molecule has 0 saturated heterocycles. The SMILES string of the molecule is Cc1cccc(OC(C)C(=O)NCCCOc2cccc3cccnc23)c1. The van der Waals surface area contributed by atoms with Gasteiger partial charge < -0.3 is 14.8 Å². The number of hydrogen-bond acceptors (Lipinski definition) is 4. The quantitative estimate of drug-likeness (QED) is 0.616. The van der Waals surface area contributed by atoms with Gasteiger partial charge in [-0.15, -0.1) is 0 Å². The third-order valence-corrected chi connectivity index (χ3v) is 4.15. The maximum absolute atomic E-state index is 12.2. The minimum absolute atomic E-state index is 0.136. The molecular weight excluding hydrogens is 340 g/mol. The number of nitrogens with one attached hydrogen (secondary N) is 1. The molecule has 1 atom stereocenters. The zero-order valence-electron chi connectivity index (χ0n) is 15.6. The van der Waals surface area contributed by atoms with Crippen molar-refractivity contribution in [2.24, 2.45) is 0 Å². The largest absolute Gasteiger partial charge is 0.491 e. The van der Waals surface area contributed by atoms with E-state index < -0.39 is 6.10 Å². The van der Waals surface area contributed by atoms with Crippen molar-refractivity contribution in [1.29, 1.82) is 0 Å². The molecule has 0 aliphatic carbocycles. The molecule has 27 heavy (non-hydrogen) atoms. The molecule has 2 aromatic carbocycles. The number of ether oxygens (including phenoxy) is 2. The summed E-state index contributed by atoms with van der Waals surface area (Å²) in [5.41, 5.74) is 1.95. The van der Waals surface area contributed by atoms with Crippen molar-refractivity contribution in [3.63, 3.8) is 0 Å². The van der Waals surface area contributed by atoms with Crippen LogP contribution in [-0.2, 0) is 4.79 Å². The number of carbonyl (C=O) groups excluding carboxylic acids is 1. The molecule has 0 bridgehead atoms. The van der Waals surface area contributed by atoms with E-state index in [9.17, 15) is 4.79 Å². The molecule has 1 aromatic heterocycles. The van der Waals surface area contributed by atoms with Crippen molar-refractivity contribution in [2.75, 3.05) is 13.2 Å². The Hall–Kier alpha value is -3.08. The lowest BCUT2D eigenvalue weighted by Crippen LogP contribution is -2.37. The van der Waals surface area contributed by atoms with E-state index in [0.717, 1.165) is 22.2 Å².